The predicted octanol–water partition coefficient (Wildman–Crippen LogP) is 1.88. The molecular weight excluding hydrogens is 258 g/mol. The molecule has 0 spiro atoms. The Kier molecular flexibility index (Phi) is 4.92. The van der Waals surface area contributed by atoms with Gasteiger partial charge in [0, 0.05) is 32.1 Å². The van der Waals surface area contributed by atoms with Gasteiger partial charge in [-0.3, -0.25) is 9.59 Å². The minimum absolute atomic E-state index is 0.0133. The molecule has 108 valence electrons. The minimum Gasteiger partial charge on any atom is -0.481 e. The molecule has 2 heterocycles. The largest absolute Gasteiger partial charge is 0.481 e. The minimum atomic E-state index is -0.878. The maximum atomic E-state index is 11.8. The first-order chi connectivity index (χ1) is 9.66. The lowest BCUT2D eigenvalue weighted by Crippen LogP contribution is -2.22. The molecule has 1 aromatic rings. The Hall–Kier alpha value is -2.11. The van der Waals surface area contributed by atoms with Crippen molar-refractivity contribution in [1.82, 2.24) is 4.98 Å². The topological polar surface area (TPSA) is 82.5 Å². The molecule has 1 aliphatic rings. The second-order valence-corrected chi connectivity index (χ2v) is 4.86. The van der Waals surface area contributed by atoms with Crippen LogP contribution in [0.1, 0.15) is 32.1 Å². The monoisotopic (exact) mass is 277 g/mol. The molecule has 6 nitrogen and oxygen atoms in total. The van der Waals surface area contributed by atoms with E-state index >= 15 is 0 Å². The van der Waals surface area contributed by atoms with E-state index in [4.69, 9.17) is 5.11 Å². The van der Waals surface area contributed by atoms with E-state index in [-0.39, 0.29) is 18.7 Å². The van der Waals surface area contributed by atoms with E-state index in [0.717, 1.165) is 31.7 Å². The van der Waals surface area contributed by atoms with Gasteiger partial charge in [-0.05, 0) is 31.4 Å². The highest BCUT2D eigenvalue weighted by Gasteiger charge is 2.17. The second kappa shape index (κ2) is 6.88. The van der Waals surface area contributed by atoms with Crippen LogP contribution in [0.2, 0.25) is 0 Å². The zero-order valence-electron chi connectivity index (χ0n) is 11.3. The Morgan fingerprint density at radius 2 is 2.05 bits per heavy atom. The SMILES string of the molecule is O=C(O)CCCC(=O)Nc1cccnc1N1CCCC1. The second-order valence-electron chi connectivity index (χ2n) is 4.86. The fourth-order valence-electron chi connectivity index (χ4n) is 2.29. The molecule has 1 aromatic heterocycles. The zero-order valence-corrected chi connectivity index (χ0v) is 11.3. The molecule has 1 fully saturated rings. The van der Waals surface area contributed by atoms with Gasteiger partial charge in [0.2, 0.25) is 5.91 Å². The van der Waals surface area contributed by atoms with Gasteiger partial charge in [0.15, 0.2) is 5.82 Å². The lowest BCUT2D eigenvalue weighted by Gasteiger charge is -2.19. The van der Waals surface area contributed by atoms with Crippen molar-refractivity contribution in [3.8, 4) is 0 Å². The molecule has 6 heteroatoms. The van der Waals surface area contributed by atoms with E-state index in [1.165, 1.54) is 0 Å². The first-order valence-electron chi connectivity index (χ1n) is 6.88. The van der Waals surface area contributed by atoms with E-state index < -0.39 is 5.97 Å². The van der Waals surface area contributed by atoms with Crippen LogP contribution < -0.4 is 10.2 Å². The number of rotatable bonds is 6. The number of carbonyl (C=O) groups excluding carboxylic acids is 1. The maximum Gasteiger partial charge on any atom is 0.303 e. The maximum absolute atomic E-state index is 11.8. The van der Waals surface area contributed by atoms with Crippen molar-refractivity contribution in [2.75, 3.05) is 23.3 Å². The fraction of sp³-hybridized carbons (Fsp3) is 0.500. The van der Waals surface area contributed by atoms with Crippen LogP contribution in [0, 0.1) is 0 Å². The Balaban J connectivity index is 1.94. The molecular formula is C14H19N3O3. The molecule has 1 aliphatic heterocycles. The molecule has 1 amide bonds. The molecule has 20 heavy (non-hydrogen) atoms. The summed E-state index contributed by atoms with van der Waals surface area (Å²) in [5, 5.41) is 11.4. The van der Waals surface area contributed by atoms with Gasteiger partial charge >= 0.3 is 5.97 Å². The highest BCUT2D eigenvalue weighted by molar-refractivity contribution is 5.93. The van der Waals surface area contributed by atoms with Gasteiger partial charge in [-0.25, -0.2) is 4.98 Å². The lowest BCUT2D eigenvalue weighted by molar-refractivity contribution is -0.137. The van der Waals surface area contributed by atoms with E-state index in [9.17, 15) is 9.59 Å². The van der Waals surface area contributed by atoms with Gasteiger partial charge in [-0.15, -0.1) is 0 Å². The molecule has 1 saturated heterocycles. The number of amides is 1. The van der Waals surface area contributed by atoms with Crippen LogP contribution in [0.15, 0.2) is 18.3 Å². The standard InChI is InChI=1S/C14H19N3O3/c18-12(6-3-7-13(19)20)16-11-5-4-8-15-14(11)17-9-1-2-10-17/h4-5,8H,1-3,6-7,9-10H2,(H,16,18)(H,19,20). The van der Waals surface area contributed by atoms with Crippen LogP contribution in [0.4, 0.5) is 11.5 Å². The number of pyridine rings is 1. The summed E-state index contributed by atoms with van der Waals surface area (Å²) < 4.78 is 0. The van der Waals surface area contributed by atoms with Crippen LogP contribution >= 0.6 is 0 Å². The van der Waals surface area contributed by atoms with Crippen LogP contribution in [-0.4, -0.2) is 35.1 Å². The third-order valence-electron chi connectivity index (χ3n) is 3.26. The molecule has 0 aliphatic carbocycles. The lowest BCUT2D eigenvalue weighted by atomic mass is 10.2. The molecule has 0 radical (unpaired) electrons. The first kappa shape index (κ1) is 14.3. The number of carboxylic acids is 1. The summed E-state index contributed by atoms with van der Waals surface area (Å²) in [7, 11) is 0. The van der Waals surface area contributed by atoms with Gasteiger partial charge in [-0.1, -0.05) is 0 Å². The molecule has 0 aromatic carbocycles. The van der Waals surface area contributed by atoms with Crippen molar-refractivity contribution >= 4 is 23.4 Å². The highest BCUT2D eigenvalue weighted by Crippen LogP contribution is 2.26. The third-order valence-corrected chi connectivity index (χ3v) is 3.26. The average molecular weight is 277 g/mol. The number of aliphatic carboxylic acids is 1. The smallest absolute Gasteiger partial charge is 0.303 e. The van der Waals surface area contributed by atoms with Crippen molar-refractivity contribution < 1.29 is 14.7 Å². The highest BCUT2D eigenvalue weighted by atomic mass is 16.4. The summed E-state index contributed by atoms with van der Waals surface area (Å²) in [4.78, 5) is 28.7. The van der Waals surface area contributed by atoms with Gasteiger partial charge in [0.25, 0.3) is 0 Å². The number of carboxylic acid groups (broad SMARTS) is 1. The summed E-state index contributed by atoms with van der Waals surface area (Å²) in [5.41, 5.74) is 0.703. The Bertz CT molecular complexity index is 484. The fourth-order valence-corrected chi connectivity index (χ4v) is 2.29. The van der Waals surface area contributed by atoms with Crippen molar-refractivity contribution in [2.45, 2.75) is 32.1 Å². The third kappa shape index (κ3) is 3.94. The Labute approximate surface area is 117 Å². The molecule has 0 bridgehead atoms. The molecule has 2 N–H and O–H groups in total. The molecule has 0 atom stereocenters. The van der Waals surface area contributed by atoms with Crippen LogP contribution in [0.25, 0.3) is 0 Å². The summed E-state index contributed by atoms with van der Waals surface area (Å²) in [5.74, 6) is -0.242. The van der Waals surface area contributed by atoms with Crippen molar-refractivity contribution in [3.05, 3.63) is 18.3 Å². The van der Waals surface area contributed by atoms with E-state index in [0.29, 0.717) is 12.1 Å². The van der Waals surface area contributed by atoms with E-state index in [2.05, 4.69) is 15.2 Å². The quantitative estimate of drug-likeness (QED) is 0.829. The van der Waals surface area contributed by atoms with Crippen molar-refractivity contribution in [1.29, 1.82) is 0 Å². The molecule has 0 unspecified atom stereocenters. The van der Waals surface area contributed by atoms with Gasteiger partial charge < -0.3 is 15.3 Å². The Morgan fingerprint density at radius 1 is 1.30 bits per heavy atom. The van der Waals surface area contributed by atoms with Crippen molar-refractivity contribution in [2.24, 2.45) is 0 Å². The van der Waals surface area contributed by atoms with Crippen LogP contribution in [0.3, 0.4) is 0 Å². The number of carbonyl (C=O) groups is 2. The number of hydrogen-bond acceptors (Lipinski definition) is 4. The number of anilines is 2. The number of hydrogen-bond donors (Lipinski definition) is 2. The van der Waals surface area contributed by atoms with E-state index in [1.807, 2.05) is 6.07 Å². The summed E-state index contributed by atoms with van der Waals surface area (Å²) in [6, 6.07) is 3.61. The summed E-state index contributed by atoms with van der Waals surface area (Å²) >= 11 is 0. The van der Waals surface area contributed by atoms with Gasteiger partial charge in [0.1, 0.15) is 0 Å². The predicted molar refractivity (Wildman–Crippen MR) is 75.8 cm³/mol. The summed E-state index contributed by atoms with van der Waals surface area (Å²) in [6.07, 6.45) is 4.57. The number of nitrogens with zero attached hydrogens (tertiary/aromatic N) is 2. The number of nitrogens with one attached hydrogen (secondary N) is 1. The van der Waals surface area contributed by atoms with E-state index in [1.54, 1.807) is 12.3 Å². The zero-order chi connectivity index (χ0) is 14.4. The number of aromatic nitrogens is 1. The van der Waals surface area contributed by atoms with Crippen LogP contribution in [-0.2, 0) is 9.59 Å². The molecule has 0 saturated carbocycles. The van der Waals surface area contributed by atoms with Gasteiger partial charge in [0.05, 0.1) is 5.69 Å². The first-order valence-corrected chi connectivity index (χ1v) is 6.88. The van der Waals surface area contributed by atoms with Crippen LogP contribution in [0.5, 0.6) is 0 Å². The summed E-state index contributed by atoms with van der Waals surface area (Å²) in [6.45, 7) is 1.91. The molecule has 2 rings (SSSR count). The van der Waals surface area contributed by atoms with Gasteiger partial charge in [-0.2, -0.15) is 0 Å². The Morgan fingerprint density at radius 3 is 2.75 bits per heavy atom. The average Bonchev–Trinajstić information content (AvgIpc) is 2.92. The normalized spacial score (nSPS) is 14.3. The van der Waals surface area contributed by atoms with Crippen molar-refractivity contribution in [3.63, 3.8) is 0 Å².